The number of hydrogen-bond donors (Lipinski definition) is 0. The van der Waals surface area contributed by atoms with Gasteiger partial charge in [-0.15, -0.1) is 0 Å². The molecule has 0 fully saturated rings. The third kappa shape index (κ3) is 4.44. The van der Waals surface area contributed by atoms with Crippen LogP contribution in [0.1, 0.15) is 22.4 Å². The van der Waals surface area contributed by atoms with Gasteiger partial charge in [0.25, 0.3) is 0 Å². The third-order valence-electron chi connectivity index (χ3n) is 12.1. The Morgan fingerprint density at radius 3 is 1.63 bits per heavy atom. The molecule has 0 radical (unpaired) electrons. The van der Waals surface area contributed by atoms with Crippen LogP contribution in [-0.4, -0.2) is 19.1 Å². The first kappa shape index (κ1) is 31.8. The number of fused-ring (bicyclic) bond motifs is 10. The monoisotopic (exact) mass is 726 g/mol. The predicted octanol–water partition coefficient (Wildman–Crippen LogP) is 12.7. The van der Waals surface area contributed by atoms with Crippen molar-refractivity contribution in [1.29, 1.82) is 0 Å². The van der Waals surface area contributed by atoms with Gasteiger partial charge in [0.2, 0.25) is 0 Å². The molecule has 4 heterocycles. The first-order chi connectivity index (χ1) is 28.3. The summed E-state index contributed by atoms with van der Waals surface area (Å²) in [6, 6.07) is 68.2. The van der Waals surface area contributed by atoms with Crippen molar-refractivity contribution in [2.45, 2.75) is 5.41 Å². The van der Waals surface area contributed by atoms with Gasteiger partial charge in [-0.25, -0.2) is 0 Å². The second-order valence-corrected chi connectivity index (χ2v) is 15.0. The van der Waals surface area contributed by atoms with E-state index < -0.39 is 5.41 Å². The van der Waals surface area contributed by atoms with E-state index in [4.69, 9.17) is 4.98 Å². The molecular formula is C53H34N4. The summed E-state index contributed by atoms with van der Waals surface area (Å²) >= 11 is 0. The summed E-state index contributed by atoms with van der Waals surface area (Å²) in [6.45, 7) is 0. The molecule has 0 unspecified atom stereocenters. The molecular weight excluding hydrogens is 693 g/mol. The summed E-state index contributed by atoms with van der Waals surface area (Å²) in [5.41, 5.74) is 16.0. The van der Waals surface area contributed by atoms with Crippen LogP contribution in [0.4, 0.5) is 0 Å². The quantitative estimate of drug-likeness (QED) is 0.177. The smallest absolute Gasteiger partial charge is 0.0886 e. The molecule has 7 aromatic carbocycles. The molecule has 0 spiro atoms. The lowest BCUT2D eigenvalue weighted by atomic mass is 9.69. The van der Waals surface area contributed by atoms with E-state index in [1.807, 2.05) is 18.6 Å². The summed E-state index contributed by atoms with van der Waals surface area (Å²) in [7, 11) is 0. The highest BCUT2D eigenvalue weighted by molar-refractivity contribution is 6.18. The van der Waals surface area contributed by atoms with Gasteiger partial charge in [-0.1, -0.05) is 133 Å². The summed E-state index contributed by atoms with van der Waals surface area (Å²) in [5.74, 6) is 0. The van der Waals surface area contributed by atoms with Crippen LogP contribution in [0.25, 0.3) is 77.2 Å². The second kappa shape index (κ2) is 12.2. The van der Waals surface area contributed by atoms with Crippen molar-refractivity contribution in [2.24, 2.45) is 0 Å². The fourth-order valence-corrected chi connectivity index (χ4v) is 9.79. The van der Waals surface area contributed by atoms with E-state index in [2.05, 4.69) is 202 Å². The molecule has 4 heteroatoms. The summed E-state index contributed by atoms with van der Waals surface area (Å²) < 4.78 is 4.76. The summed E-state index contributed by atoms with van der Waals surface area (Å²) in [5, 5.41) is 4.86. The minimum atomic E-state index is -0.554. The van der Waals surface area contributed by atoms with Gasteiger partial charge >= 0.3 is 0 Å². The van der Waals surface area contributed by atoms with E-state index in [0.29, 0.717) is 0 Å². The van der Waals surface area contributed by atoms with Gasteiger partial charge in [0.05, 0.1) is 33.2 Å². The number of nitrogens with zero attached hydrogens (tertiary/aromatic N) is 4. The molecule has 0 atom stereocenters. The Balaban J connectivity index is 1.01. The first-order valence-electron chi connectivity index (χ1n) is 19.5. The molecule has 11 aromatic rings. The molecule has 12 rings (SSSR count). The first-order valence-corrected chi connectivity index (χ1v) is 19.5. The standard InChI is InChI=1S/C53H34N4/c1-3-12-37(13-4-1)53(38-14-5-2-6-15-38)45-29-30-49-51(50(45)43-18-11-32-55-52(43)53)42-17-8-10-20-47(42)57(49)40-27-23-36(24-28-40)35-21-25-39(26-22-35)56-46-19-9-7-16-41(46)44-34-54-33-31-48(44)56/h1-34H. The third-order valence-corrected chi connectivity index (χ3v) is 12.1. The maximum Gasteiger partial charge on any atom is 0.0886 e. The molecule has 1 aliphatic carbocycles. The van der Waals surface area contributed by atoms with Crippen molar-refractivity contribution in [3.05, 3.63) is 229 Å². The predicted molar refractivity (Wildman–Crippen MR) is 233 cm³/mol. The van der Waals surface area contributed by atoms with Crippen molar-refractivity contribution in [3.8, 4) is 33.6 Å². The Morgan fingerprint density at radius 2 is 0.965 bits per heavy atom. The minimum Gasteiger partial charge on any atom is -0.309 e. The zero-order chi connectivity index (χ0) is 37.5. The molecule has 4 nitrogen and oxygen atoms in total. The van der Waals surface area contributed by atoms with Crippen LogP contribution in [0.3, 0.4) is 0 Å². The van der Waals surface area contributed by atoms with Crippen molar-refractivity contribution in [2.75, 3.05) is 0 Å². The van der Waals surface area contributed by atoms with Crippen molar-refractivity contribution in [3.63, 3.8) is 0 Å². The van der Waals surface area contributed by atoms with Gasteiger partial charge in [-0.05, 0) is 88.0 Å². The van der Waals surface area contributed by atoms with Gasteiger partial charge in [0, 0.05) is 57.1 Å². The number of aromatic nitrogens is 4. The van der Waals surface area contributed by atoms with Crippen LogP contribution >= 0.6 is 0 Å². The van der Waals surface area contributed by atoms with Gasteiger partial charge < -0.3 is 9.13 Å². The number of hydrogen-bond acceptors (Lipinski definition) is 2. The van der Waals surface area contributed by atoms with Crippen molar-refractivity contribution in [1.82, 2.24) is 19.1 Å². The fraction of sp³-hybridized carbons (Fsp3) is 0.0189. The lowest BCUT2D eigenvalue weighted by Crippen LogP contribution is -2.29. The Morgan fingerprint density at radius 1 is 0.404 bits per heavy atom. The van der Waals surface area contributed by atoms with Gasteiger partial charge in [-0.2, -0.15) is 0 Å². The summed E-state index contributed by atoms with van der Waals surface area (Å²) in [6.07, 6.45) is 5.79. The largest absolute Gasteiger partial charge is 0.309 e. The van der Waals surface area contributed by atoms with Crippen LogP contribution in [0.2, 0.25) is 0 Å². The van der Waals surface area contributed by atoms with Crippen LogP contribution in [0.5, 0.6) is 0 Å². The number of rotatable bonds is 5. The van der Waals surface area contributed by atoms with Gasteiger partial charge in [0.1, 0.15) is 0 Å². The van der Waals surface area contributed by atoms with E-state index in [-0.39, 0.29) is 0 Å². The van der Waals surface area contributed by atoms with Crippen LogP contribution in [0, 0.1) is 0 Å². The highest BCUT2D eigenvalue weighted by atomic mass is 15.0. The van der Waals surface area contributed by atoms with Crippen LogP contribution in [-0.2, 0) is 5.41 Å². The zero-order valence-corrected chi connectivity index (χ0v) is 30.9. The SMILES string of the molecule is c1ccc(C2(c3ccccc3)c3ccc4c(c3-c3cccnc32)c2ccccc2n4-c2ccc(-c3ccc(-n4c5ccccc5c5cnccc54)cc3)cc2)cc1. The van der Waals surface area contributed by atoms with Crippen LogP contribution in [0.15, 0.2) is 207 Å². The molecule has 0 N–H and O–H groups in total. The molecule has 0 bridgehead atoms. The fourth-order valence-electron chi connectivity index (χ4n) is 9.79. The molecule has 0 saturated carbocycles. The molecule has 1 aliphatic rings. The lowest BCUT2D eigenvalue weighted by Gasteiger charge is -2.32. The molecule has 0 saturated heterocycles. The number of para-hydroxylation sites is 2. The Hall–Kier alpha value is -7.56. The van der Waals surface area contributed by atoms with E-state index >= 15 is 0 Å². The Bertz CT molecular complexity index is 3230. The van der Waals surface area contributed by atoms with Crippen molar-refractivity contribution < 1.29 is 0 Å². The Labute approximate surface area is 329 Å². The number of pyridine rings is 2. The Kier molecular flexibility index (Phi) is 6.81. The molecule has 4 aromatic heterocycles. The molecule has 0 aliphatic heterocycles. The normalized spacial score (nSPS) is 13.1. The average Bonchev–Trinajstić information content (AvgIpc) is 3.92. The maximum atomic E-state index is 5.21. The lowest BCUT2D eigenvalue weighted by molar-refractivity contribution is 0.738. The van der Waals surface area contributed by atoms with E-state index in [1.54, 1.807) is 0 Å². The maximum absolute atomic E-state index is 5.21. The van der Waals surface area contributed by atoms with E-state index in [0.717, 1.165) is 28.0 Å². The molecule has 57 heavy (non-hydrogen) atoms. The molecule has 266 valence electrons. The van der Waals surface area contributed by atoms with Gasteiger partial charge in [0.15, 0.2) is 0 Å². The zero-order valence-electron chi connectivity index (χ0n) is 30.9. The van der Waals surface area contributed by atoms with Crippen LogP contribution < -0.4 is 0 Å². The van der Waals surface area contributed by atoms with Gasteiger partial charge in [-0.3, -0.25) is 9.97 Å². The van der Waals surface area contributed by atoms with Crippen molar-refractivity contribution >= 4 is 43.6 Å². The summed E-state index contributed by atoms with van der Waals surface area (Å²) in [4.78, 5) is 9.62. The molecule has 0 amide bonds. The highest BCUT2D eigenvalue weighted by Gasteiger charge is 2.48. The highest BCUT2D eigenvalue weighted by Crippen LogP contribution is 2.58. The number of benzene rings is 7. The second-order valence-electron chi connectivity index (χ2n) is 15.0. The van der Waals surface area contributed by atoms with E-state index in [1.165, 1.54) is 71.7 Å². The topological polar surface area (TPSA) is 35.6 Å². The average molecular weight is 727 g/mol. The van der Waals surface area contributed by atoms with E-state index in [9.17, 15) is 0 Å². The minimum absolute atomic E-state index is 0.554.